The molecule has 2 saturated heterocycles. The zero-order chi connectivity index (χ0) is 19.6. The van der Waals surface area contributed by atoms with Gasteiger partial charge in [-0.1, -0.05) is 24.3 Å². The van der Waals surface area contributed by atoms with Crippen LogP contribution < -0.4 is 4.74 Å². The third-order valence-electron chi connectivity index (χ3n) is 4.93. The number of carbonyl (C=O) groups excluding carboxylic acids is 1. The summed E-state index contributed by atoms with van der Waals surface area (Å²) in [7, 11) is -3.76. The van der Waals surface area contributed by atoms with Crippen LogP contribution in [0.1, 0.15) is 6.42 Å². The van der Waals surface area contributed by atoms with Crippen molar-refractivity contribution in [2.24, 2.45) is 0 Å². The van der Waals surface area contributed by atoms with Crippen LogP contribution in [-0.2, 0) is 19.6 Å². The molecule has 0 spiro atoms. The smallest absolute Gasteiger partial charge is 0.253 e. The topological polar surface area (TPSA) is 76.2 Å². The fourth-order valence-electron chi connectivity index (χ4n) is 3.56. The highest BCUT2D eigenvalue weighted by Crippen LogP contribution is 2.31. The lowest BCUT2D eigenvalue weighted by Crippen LogP contribution is -2.50. The van der Waals surface area contributed by atoms with E-state index in [0.29, 0.717) is 38.5 Å². The summed E-state index contributed by atoms with van der Waals surface area (Å²) in [5, 5.41) is 1.72. The molecule has 2 aromatic rings. The largest absolute Gasteiger partial charge is 0.489 e. The van der Waals surface area contributed by atoms with Gasteiger partial charge in [0.2, 0.25) is 5.91 Å². The van der Waals surface area contributed by atoms with Crippen molar-refractivity contribution in [1.29, 1.82) is 0 Å². The molecule has 1 aromatic carbocycles. The van der Waals surface area contributed by atoms with Gasteiger partial charge in [-0.2, -0.15) is 4.31 Å². The molecule has 0 bridgehead atoms. The molecule has 150 valence electrons. The van der Waals surface area contributed by atoms with Crippen molar-refractivity contribution >= 4 is 27.3 Å². The number of morpholine rings is 1. The number of thiophene rings is 1. The first-order valence-electron chi connectivity index (χ1n) is 9.19. The lowest BCUT2D eigenvalue weighted by molar-refractivity contribution is -0.138. The Morgan fingerprint density at radius 1 is 1.11 bits per heavy atom. The second-order valence-electron chi connectivity index (χ2n) is 6.75. The molecular weight excluding hydrogens is 400 g/mol. The Bertz CT molecular complexity index is 896. The summed E-state index contributed by atoms with van der Waals surface area (Å²) in [6.45, 7) is 2.05. The minimum Gasteiger partial charge on any atom is -0.489 e. The van der Waals surface area contributed by atoms with Gasteiger partial charge >= 0.3 is 0 Å². The average Bonchev–Trinajstić information content (AvgIpc) is 3.40. The molecule has 1 amide bonds. The van der Waals surface area contributed by atoms with Crippen LogP contribution >= 0.6 is 11.3 Å². The minimum absolute atomic E-state index is 0.149. The standard InChI is InChI=1S/C19H22N2O5S2/c22-19(20-8-10-25-11-9-20)17-13-16(26-15-5-2-1-3-6-15)14-21(17)28(23,24)18-7-4-12-27-18/h1-7,12,16-17H,8-11,13-14H2/t16-,17-/m0/s1. The first kappa shape index (κ1) is 19.4. The summed E-state index contributed by atoms with van der Waals surface area (Å²) in [5.41, 5.74) is 0. The normalized spacial score (nSPS) is 23.6. The van der Waals surface area contributed by atoms with Gasteiger partial charge < -0.3 is 14.4 Å². The Balaban J connectivity index is 1.59. The van der Waals surface area contributed by atoms with Gasteiger partial charge in [0.05, 0.1) is 19.8 Å². The quantitative estimate of drug-likeness (QED) is 0.735. The molecule has 2 aliphatic rings. The highest BCUT2D eigenvalue weighted by molar-refractivity contribution is 7.91. The lowest BCUT2D eigenvalue weighted by atomic mass is 10.1. The van der Waals surface area contributed by atoms with E-state index in [-0.39, 0.29) is 22.8 Å². The average molecular weight is 423 g/mol. The summed E-state index contributed by atoms with van der Waals surface area (Å²) in [4.78, 5) is 14.8. The molecular formula is C19H22N2O5S2. The van der Waals surface area contributed by atoms with Gasteiger partial charge in [0, 0.05) is 19.5 Å². The van der Waals surface area contributed by atoms with E-state index < -0.39 is 16.1 Å². The van der Waals surface area contributed by atoms with E-state index >= 15 is 0 Å². The third kappa shape index (κ3) is 3.93. The molecule has 7 nitrogen and oxygen atoms in total. The number of rotatable bonds is 5. The van der Waals surface area contributed by atoms with Crippen LogP contribution in [0.5, 0.6) is 5.75 Å². The third-order valence-corrected chi connectivity index (χ3v) is 8.18. The van der Waals surface area contributed by atoms with Crippen LogP contribution in [0.2, 0.25) is 0 Å². The Kier molecular flexibility index (Phi) is 5.68. The highest BCUT2D eigenvalue weighted by Gasteiger charge is 2.46. The van der Waals surface area contributed by atoms with Crippen molar-refractivity contribution < 1.29 is 22.7 Å². The summed E-state index contributed by atoms with van der Waals surface area (Å²) in [6.07, 6.45) is -0.0532. The van der Waals surface area contributed by atoms with Gasteiger partial charge in [-0.05, 0) is 23.6 Å². The molecule has 4 rings (SSSR count). The predicted octanol–water partition coefficient (Wildman–Crippen LogP) is 1.82. The van der Waals surface area contributed by atoms with Crippen molar-refractivity contribution in [1.82, 2.24) is 9.21 Å². The molecule has 0 unspecified atom stereocenters. The van der Waals surface area contributed by atoms with Gasteiger partial charge in [-0.3, -0.25) is 4.79 Å². The predicted molar refractivity (Wildman–Crippen MR) is 105 cm³/mol. The molecule has 2 atom stereocenters. The van der Waals surface area contributed by atoms with Gasteiger partial charge in [0.15, 0.2) is 0 Å². The number of ether oxygens (including phenoxy) is 2. The zero-order valence-corrected chi connectivity index (χ0v) is 16.9. The molecule has 2 aliphatic heterocycles. The maximum absolute atomic E-state index is 13.2. The molecule has 28 heavy (non-hydrogen) atoms. The molecule has 0 aliphatic carbocycles. The van der Waals surface area contributed by atoms with Crippen LogP contribution in [0.4, 0.5) is 0 Å². The fraction of sp³-hybridized carbons (Fsp3) is 0.421. The summed E-state index contributed by atoms with van der Waals surface area (Å²) in [5.74, 6) is 0.489. The van der Waals surface area contributed by atoms with Crippen LogP contribution in [0.3, 0.4) is 0 Å². The number of amides is 1. The highest BCUT2D eigenvalue weighted by atomic mass is 32.2. The number of para-hydroxylation sites is 1. The zero-order valence-electron chi connectivity index (χ0n) is 15.3. The number of nitrogens with zero attached hydrogens (tertiary/aromatic N) is 2. The fourth-order valence-corrected chi connectivity index (χ4v) is 6.30. The lowest BCUT2D eigenvalue weighted by Gasteiger charge is -2.31. The maximum atomic E-state index is 13.2. The molecule has 0 N–H and O–H groups in total. The number of hydrogen-bond acceptors (Lipinski definition) is 6. The van der Waals surface area contributed by atoms with Crippen LogP contribution in [0.15, 0.2) is 52.1 Å². The van der Waals surface area contributed by atoms with E-state index in [2.05, 4.69) is 0 Å². The molecule has 1 aromatic heterocycles. The Morgan fingerprint density at radius 3 is 2.54 bits per heavy atom. The second kappa shape index (κ2) is 8.20. The van der Waals surface area contributed by atoms with E-state index in [1.807, 2.05) is 30.3 Å². The number of benzene rings is 1. The van der Waals surface area contributed by atoms with Crippen LogP contribution in [-0.4, -0.2) is 68.5 Å². The van der Waals surface area contributed by atoms with Crippen molar-refractivity contribution in [3.8, 4) is 5.75 Å². The SMILES string of the molecule is O=C([C@@H]1C[C@H](Oc2ccccc2)CN1S(=O)(=O)c1cccs1)N1CCOCC1. The number of sulfonamides is 1. The summed E-state index contributed by atoms with van der Waals surface area (Å²) in [6, 6.07) is 11.8. The Morgan fingerprint density at radius 2 is 1.86 bits per heavy atom. The van der Waals surface area contributed by atoms with E-state index in [1.54, 1.807) is 22.4 Å². The van der Waals surface area contributed by atoms with Crippen molar-refractivity contribution in [3.05, 3.63) is 47.8 Å². The number of carbonyl (C=O) groups is 1. The minimum atomic E-state index is -3.76. The summed E-state index contributed by atoms with van der Waals surface area (Å²) < 4.78 is 39.2. The molecule has 0 radical (unpaired) electrons. The molecule has 2 fully saturated rings. The van der Waals surface area contributed by atoms with Crippen LogP contribution in [0, 0.1) is 0 Å². The maximum Gasteiger partial charge on any atom is 0.253 e. The van der Waals surface area contributed by atoms with Crippen molar-refractivity contribution in [2.75, 3.05) is 32.8 Å². The summed E-state index contributed by atoms with van der Waals surface area (Å²) >= 11 is 1.16. The Labute approximate surface area is 168 Å². The molecule has 3 heterocycles. The van der Waals surface area contributed by atoms with E-state index in [9.17, 15) is 13.2 Å². The van der Waals surface area contributed by atoms with Gasteiger partial charge in [-0.15, -0.1) is 11.3 Å². The second-order valence-corrected chi connectivity index (χ2v) is 9.81. The van der Waals surface area contributed by atoms with Crippen molar-refractivity contribution in [2.45, 2.75) is 22.8 Å². The molecule has 9 heteroatoms. The monoisotopic (exact) mass is 422 g/mol. The molecule has 0 saturated carbocycles. The van der Waals surface area contributed by atoms with Gasteiger partial charge in [-0.25, -0.2) is 8.42 Å². The van der Waals surface area contributed by atoms with E-state index in [1.165, 1.54) is 4.31 Å². The first-order valence-corrected chi connectivity index (χ1v) is 11.5. The van der Waals surface area contributed by atoms with Crippen molar-refractivity contribution in [3.63, 3.8) is 0 Å². The van der Waals surface area contributed by atoms with Gasteiger partial charge in [0.25, 0.3) is 10.0 Å². The van der Waals surface area contributed by atoms with E-state index in [4.69, 9.17) is 9.47 Å². The number of hydrogen-bond donors (Lipinski definition) is 0. The van der Waals surface area contributed by atoms with E-state index in [0.717, 1.165) is 11.3 Å². The van der Waals surface area contributed by atoms with Crippen LogP contribution in [0.25, 0.3) is 0 Å². The first-order chi connectivity index (χ1) is 13.6. The Hall–Kier alpha value is -1.94. The van der Waals surface area contributed by atoms with Gasteiger partial charge in [0.1, 0.15) is 22.1 Å².